The topological polar surface area (TPSA) is 15.3 Å². The number of nitrogens with zero attached hydrogens (tertiary/aromatic N) is 1. The Hall–Kier alpha value is -0.540. The molecule has 3 heteroatoms. The van der Waals surface area contributed by atoms with Crippen molar-refractivity contribution in [3.8, 4) is 0 Å². The Balaban J connectivity index is 2.67. The summed E-state index contributed by atoms with van der Waals surface area (Å²) >= 11 is 3.67. The molecule has 0 amide bonds. The Morgan fingerprint density at radius 2 is 1.89 bits per heavy atom. The van der Waals surface area contributed by atoms with E-state index in [0.717, 1.165) is 13.1 Å². The first-order valence-electron chi connectivity index (χ1n) is 6.63. The third kappa shape index (κ3) is 4.62. The molecule has 0 aliphatic heterocycles. The summed E-state index contributed by atoms with van der Waals surface area (Å²) in [6.45, 7) is 10.8. The molecule has 0 bridgehead atoms. The van der Waals surface area contributed by atoms with Crippen molar-refractivity contribution in [2.75, 3.05) is 18.5 Å². The van der Waals surface area contributed by atoms with Gasteiger partial charge in [-0.1, -0.05) is 19.9 Å². The normalized spacial score (nSPS) is 11.3. The summed E-state index contributed by atoms with van der Waals surface area (Å²) in [5, 5.41) is 3.47. The third-order valence-electron chi connectivity index (χ3n) is 3.05. The molecule has 1 aromatic carbocycles. The highest BCUT2D eigenvalue weighted by atomic mass is 79.9. The van der Waals surface area contributed by atoms with Crippen LogP contribution in [0.4, 0.5) is 5.69 Å². The van der Waals surface area contributed by atoms with Crippen LogP contribution in [0, 0.1) is 5.92 Å². The molecule has 0 aliphatic rings. The highest BCUT2D eigenvalue weighted by molar-refractivity contribution is 9.10. The van der Waals surface area contributed by atoms with Crippen LogP contribution >= 0.6 is 15.9 Å². The van der Waals surface area contributed by atoms with Crippen LogP contribution in [-0.4, -0.2) is 19.6 Å². The summed E-state index contributed by atoms with van der Waals surface area (Å²) in [7, 11) is 2.13. The molecule has 1 aromatic rings. The zero-order valence-electron chi connectivity index (χ0n) is 12.1. The van der Waals surface area contributed by atoms with Crippen molar-refractivity contribution in [3.05, 3.63) is 28.2 Å². The maximum atomic E-state index is 3.67. The lowest BCUT2D eigenvalue weighted by Gasteiger charge is -2.25. The van der Waals surface area contributed by atoms with Gasteiger partial charge >= 0.3 is 0 Å². The van der Waals surface area contributed by atoms with E-state index in [4.69, 9.17) is 0 Å². The SMILES string of the molecule is CC(C)CNCc1ccc(N(C)C(C)C)c(Br)c1. The average Bonchev–Trinajstić information content (AvgIpc) is 2.27. The van der Waals surface area contributed by atoms with Gasteiger partial charge in [-0.15, -0.1) is 0 Å². The summed E-state index contributed by atoms with van der Waals surface area (Å²) in [5.41, 5.74) is 2.57. The Labute approximate surface area is 120 Å². The first kappa shape index (κ1) is 15.5. The molecule has 2 nitrogen and oxygen atoms in total. The summed E-state index contributed by atoms with van der Waals surface area (Å²) < 4.78 is 1.17. The maximum absolute atomic E-state index is 3.67. The van der Waals surface area contributed by atoms with Crippen LogP contribution in [0.3, 0.4) is 0 Å². The molecule has 102 valence electrons. The van der Waals surface area contributed by atoms with Crippen LogP contribution in [0.2, 0.25) is 0 Å². The summed E-state index contributed by atoms with van der Waals surface area (Å²) in [4.78, 5) is 2.27. The zero-order valence-corrected chi connectivity index (χ0v) is 13.7. The molecule has 18 heavy (non-hydrogen) atoms. The van der Waals surface area contributed by atoms with Gasteiger partial charge in [0.15, 0.2) is 0 Å². The first-order valence-corrected chi connectivity index (χ1v) is 7.43. The van der Waals surface area contributed by atoms with E-state index in [1.54, 1.807) is 0 Å². The van der Waals surface area contributed by atoms with Crippen LogP contribution in [0.5, 0.6) is 0 Å². The second kappa shape index (κ2) is 7.15. The minimum Gasteiger partial charge on any atom is -0.371 e. The van der Waals surface area contributed by atoms with Gasteiger partial charge in [-0.25, -0.2) is 0 Å². The maximum Gasteiger partial charge on any atom is 0.0510 e. The van der Waals surface area contributed by atoms with Crippen molar-refractivity contribution in [1.82, 2.24) is 5.32 Å². The van der Waals surface area contributed by atoms with Gasteiger partial charge in [0, 0.05) is 24.1 Å². The predicted octanol–water partition coefficient (Wildman–Crippen LogP) is 4.04. The number of rotatable bonds is 6. The lowest BCUT2D eigenvalue weighted by atomic mass is 10.1. The van der Waals surface area contributed by atoms with Crippen LogP contribution < -0.4 is 10.2 Å². The molecule has 0 aliphatic carbocycles. The smallest absolute Gasteiger partial charge is 0.0510 e. The van der Waals surface area contributed by atoms with E-state index in [-0.39, 0.29) is 0 Å². The molecule has 1 N–H and O–H groups in total. The molecule has 0 spiro atoms. The minimum atomic E-state index is 0.506. The molecule has 0 heterocycles. The number of nitrogens with one attached hydrogen (secondary N) is 1. The highest BCUT2D eigenvalue weighted by Crippen LogP contribution is 2.27. The van der Waals surface area contributed by atoms with E-state index in [0.29, 0.717) is 12.0 Å². The minimum absolute atomic E-state index is 0.506. The molecule has 0 saturated heterocycles. The molecule has 0 aromatic heterocycles. The van der Waals surface area contributed by atoms with Gasteiger partial charge in [0.2, 0.25) is 0 Å². The van der Waals surface area contributed by atoms with Crippen molar-refractivity contribution < 1.29 is 0 Å². The zero-order chi connectivity index (χ0) is 13.7. The number of anilines is 1. The number of benzene rings is 1. The number of hydrogen-bond acceptors (Lipinski definition) is 2. The van der Waals surface area contributed by atoms with Gasteiger partial charge in [0.25, 0.3) is 0 Å². The predicted molar refractivity (Wildman–Crippen MR) is 84.2 cm³/mol. The lowest BCUT2D eigenvalue weighted by Crippen LogP contribution is -2.26. The van der Waals surface area contributed by atoms with Crippen molar-refractivity contribution in [3.63, 3.8) is 0 Å². The highest BCUT2D eigenvalue weighted by Gasteiger charge is 2.09. The standard InChI is InChI=1S/C15H25BrN2/c1-11(2)9-17-10-13-6-7-15(14(16)8-13)18(5)12(3)4/h6-8,11-12,17H,9-10H2,1-5H3. The molecular weight excluding hydrogens is 288 g/mol. The second-order valence-corrected chi connectivity index (χ2v) is 6.37. The monoisotopic (exact) mass is 312 g/mol. The van der Waals surface area contributed by atoms with Gasteiger partial charge in [-0.2, -0.15) is 0 Å². The van der Waals surface area contributed by atoms with Crippen LogP contribution in [0.15, 0.2) is 22.7 Å². The van der Waals surface area contributed by atoms with Crippen LogP contribution in [0.25, 0.3) is 0 Å². The summed E-state index contributed by atoms with van der Waals surface area (Å²) in [6.07, 6.45) is 0. The van der Waals surface area contributed by atoms with Gasteiger partial charge in [-0.05, 0) is 59.9 Å². The lowest BCUT2D eigenvalue weighted by molar-refractivity contribution is 0.552. The molecule has 0 saturated carbocycles. The van der Waals surface area contributed by atoms with E-state index in [1.165, 1.54) is 15.7 Å². The van der Waals surface area contributed by atoms with E-state index >= 15 is 0 Å². The van der Waals surface area contributed by atoms with E-state index in [2.05, 4.69) is 79.1 Å². The summed E-state index contributed by atoms with van der Waals surface area (Å²) in [5.74, 6) is 0.694. The first-order chi connectivity index (χ1) is 8.41. The molecule has 0 unspecified atom stereocenters. The molecule has 0 radical (unpaired) electrons. The Morgan fingerprint density at radius 3 is 2.39 bits per heavy atom. The Bertz CT molecular complexity index is 375. The van der Waals surface area contributed by atoms with Crippen LogP contribution in [0.1, 0.15) is 33.3 Å². The second-order valence-electron chi connectivity index (χ2n) is 5.52. The molecular formula is C15H25BrN2. The van der Waals surface area contributed by atoms with E-state index in [9.17, 15) is 0 Å². The summed E-state index contributed by atoms with van der Waals surface area (Å²) in [6, 6.07) is 7.11. The molecule has 0 fully saturated rings. The largest absolute Gasteiger partial charge is 0.371 e. The quantitative estimate of drug-likeness (QED) is 0.853. The van der Waals surface area contributed by atoms with Gasteiger partial charge in [0.1, 0.15) is 0 Å². The fourth-order valence-corrected chi connectivity index (χ4v) is 2.44. The van der Waals surface area contributed by atoms with Crippen molar-refractivity contribution in [2.45, 2.75) is 40.3 Å². The van der Waals surface area contributed by atoms with Crippen molar-refractivity contribution >= 4 is 21.6 Å². The van der Waals surface area contributed by atoms with Gasteiger partial charge in [-0.3, -0.25) is 0 Å². The number of halogens is 1. The average molecular weight is 313 g/mol. The molecule has 0 atom stereocenters. The molecule has 1 rings (SSSR count). The van der Waals surface area contributed by atoms with E-state index < -0.39 is 0 Å². The fraction of sp³-hybridized carbons (Fsp3) is 0.600. The van der Waals surface area contributed by atoms with Crippen molar-refractivity contribution in [1.29, 1.82) is 0 Å². The van der Waals surface area contributed by atoms with Gasteiger partial charge < -0.3 is 10.2 Å². The third-order valence-corrected chi connectivity index (χ3v) is 3.68. The Kier molecular flexibility index (Phi) is 6.16. The van der Waals surface area contributed by atoms with E-state index in [1.807, 2.05) is 0 Å². The van der Waals surface area contributed by atoms with Crippen LogP contribution in [-0.2, 0) is 6.54 Å². The Morgan fingerprint density at radius 1 is 1.22 bits per heavy atom. The van der Waals surface area contributed by atoms with Gasteiger partial charge in [0.05, 0.1) is 5.69 Å². The number of hydrogen-bond donors (Lipinski definition) is 1. The fourth-order valence-electron chi connectivity index (χ4n) is 1.73. The van der Waals surface area contributed by atoms with Crippen molar-refractivity contribution in [2.24, 2.45) is 5.92 Å².